The standard InChI is InChI=1S/C22H15FN2O5S/c1-13-6-8-16(18(10-13)25(28)29)19-9-7-15(30-19)11-20-21(26)24(22(27)31-20)12-14-4-2-3-5-17(14)23/h2-11H,12H2,1H3/b20-11+. The van der Waals surface area contributed by atoms with Crippen LogP contribution >= 0.6 is 11.8 Å². The van der Waals surface area contributed by atoms with Crippen molar-refractivity contribution in [1.82, 2.24) is 4.90 Å². The van der Waals surface area contributed by atoms with Gasteiger partial charge in [0, 0.05) is 17.7 Å². The van der Waals surface area contributed by atoms with Gasteiger partial charge in [-0.1, -0.05) is 24.3 Å². The maximum Gasteiger partial charge on any atom is 0.293 e. The maximum absolute atomic E-state index is 13.9. The number of halogens is 1. The number of aryl methyl sites for hydroxylation is 1. The van der Waals surface area contributed by atoms with E-state index in [1.54, 1.807) is 37.3 Å². The number of nitro groups is 1. The predicted octanol–water partition coefficient (Wildman–Crippen LogP) is 5.54. The third kappa shape index (κ3) is 4.13. The lowest BCUT2D eigenvalue weighted by atomic mass is 10.1. The SMILES string of the molecule is Cc1ccc(-c2ccc(/C=C3/SC(=O)N(Cc4ccccc4F)C3=O)o2)c([N+](=O)[O-])c1. The van der Waals surface area contributed by atoms with Crippen LogP contribution in [0.5, 0.6) is 0 Å². The highest BCUT2D eigenvalue weighted by Gasteiger charge is 2.35. The molecule has 2 amide bonds. The van der Waals surface area contributed by atoms with E-state index in [1.165, 1.54) is 30.3 Å². The Bertz CT molecular complexity index is 1250. The largest absolute Gasteiger partial charge is 0.456 e. The molecular weight excluding hydrogens is 423 g/mol. The average Bonchev–Trinajstić information content (AvgIpc) is 3.29. The highest BCUT2D eigenvalue weighted by molar-refractivity contribution is 8.18. The second kappa shape index (κ2) is 8.19. The molecule has 31 heavy (non-hydrogen) atoms. The summed E-state index contributed by atoms with van der Waals surface area (Å²) in [4.78, 5) is 36.9. The van der Waals surface area contributed by atoms with Crippen molar-refractivity contribution in [3.8, 4) is 11.3 Å². The van der Waals surface area contributed by atoms with Gasteiger partial charge in [-0.05, 0) is 48.5 Å². The van der Waals surface area contributed by atoms with E-state index in [1.807, 2.05) is 0 Å². The first-order chi connectivity index (χ1) is 14.8. The monoisotopic (exact) mass is 438 g/mol. The van der Waals surface area contributed by atoms with Crippen LogP contribution in [0.15, 0.2) is 63.9 Å². The Kier molecular flexibility index (Phi) is 5.43. The topological polar surface area (TPSA) is 93.7 Å². The zero-order chi connectivity index (χ0) is 22.1. The Morgan fingerprint density at radius 1 is 1.16 bits per heavy atom. The van der Waals surface area contributed by atoms with Crippen LogP contribution in [0, 0.1) is 22.9 Å². The Morgan fingerprint density at radius 2 is 1.94 bits per heavy atom. The van der Waals surface area contributed by atoms with E-state index in [4.69, 9.17) is 4.42 Å². The van der Waals surface area contributed by atoms with Crippen LogP contribution < -0.4 is 0 Å². The van der Waals surface area contributed by atoms with Gasteiger partial charge in [0.1, 0.15) is 17.3 Å². The molecule has 0 aliphatic carbocycles. The highest BCUT2D eigenvalue weighted by Crippen LogP contribution is 2.36. The number of amides is 2. The van der Waals surface area contributed by atoms with E-state index < -0.39 is 21.9 Å². The molecule has 1 aliphatic rings. The van der Waals surface area contributed by atoms with Crippen molar-refractivity contribution in [3.63, 3.8) is 0 Å². The van der Waals surface area contributed by atoms with Crippen molar-refractivity contribution in [3.05, 3.63) is 92.3 Å². The smallest absolute Gasteiger partial charge is 0.293 e. The fourth-order valence-corrected chi connectivity index (χ4v) is 3.96. The van der Waals surface area contributed by atoms with Crippen LogP contribution in [0.4, 0.5) is 14.9 Å². The molecule has 0 radical (unpaired) electrons. The summed E-state index contributed by atoms with van der Waals surface area (Å²) in [6, 6.07) is 13.8. The van der Waals surface area contributed by atoms with Crippen molar-refractivity contribution in [2.45, 2.75) is 13.5 Å². The number of hydrogen-bond donors (Lipinski definition) is 0. The molecule has 2 heterocycles. The van der Waals surface area contributed by atoms with E-state index in [9.17, 15) is 24.1 Å². The Hall–Kier alpha value is -3.72. The summed E-state index contributed by atoms with van der Waals surface area (Å²) in [5, 5.41) is 10.8. The quantitative estimate of drug-likeness (QED) is 0.295. The molecule has 4 rings (SSSR count). The van der Waals surface area contributed by atoms with Crippen LogP contribution in [0.3, 0.4) is 0 Å². The molecule has 0 bridgehead atoms. The van der Waals surface area contributed by atoms with E-state index in [0.717, 1.165) is 22.2 Å². The number of nitro benzene ring substituents is 1. The van der Waals surface area contributed by atoms with Crippen molar-refractivity contribution >= 4 is 34.7 Å². The van der Waals surface area contributed by atoms with E-state index in [2.05, 4.69) is 0 Å². The summed E-state index contributed by atoms with van der Waals surface area (Å²) >= 11 is 0.725. The minimum Gasteiger partial charge on any atom is -0.456 e. The summed E-state index contributed by atoms with van der Waals surface area (Å²) in [5.41, 5.74) is 1.19. The molecule has 9 heteroatoms. The predicted molar refractivity (Wildman–Crippen MR) is 113 cm³/mol. The van der Waals surface area contributed by atoms with Crippen LogP contribution in [0.2, 0.25) is 0 Å². The number of thioether (sulfide) groups is 1. The summed E-state index contributed by atoms with van der Waals surface area (Å²) in [6.45, 7) is 1.58. The van der Waals surface area contributed by atoms with Gasteiger partial charge in [0.25, 0.3) is 16.8 Å². The first-order valence-electron chi connectivity index (χ1n) is 9.17. The third-order valence-corrected chi connectivity index (χ3v) is 5.58. The first-order valence-corrected chi connectivity index (χ1v) is 9.99. The van der Waals surface area contributed by atoms with Gasteiger partial charge in [0.2, 0.25) is 0 Å². The fraction of sp³-hybridized carbons (Fsp3) is 0.0909. The van der Waals surface area contributed by atoms with Gasteiger partial charge in [0.15, 0.2) is 0 Å². The lowest BCUT2D eigenvalue weighted by Crippen LogP contribution is -2.27. The molecule has 1 saturated heterocycles. The van der Waals surface area contributed by atoms with Gasteiger partial charge in [0.05, 0.1) is 21.9 Å². The van der Waals surface area contributed by atoms with Crippen LogP contribution in [0.25, 0.3) is 17.4 Å². The molecule has 7 nitrogen and oxygen atoms in total. The first kappa shape index (κ1) is 20.5. The molecule has 0 saturated carbocycles. The normalized spacial score (nSPS) is 15.2. The number of benzene rings is 2. The zero-order valence-electron chi connectivity index (χ0n) is 16.2. The van der Waals surface area contributed by atoms with Gasteiger partial charge in [-0.25, -0.2) is 4.39 Å². The summed E-state index contributed by atoms with van der Waals surface area (Å²) in [5.74, 6) is -0.525. The number of furan rings is 1. The van der Waals surface area contributed by atoms with E-state index >= 15 is 0 Å². The summed E-state index contributed by atoms with van der Waals surface area (Å²) in [6.07, 6.45) is 1.40. The van der Waals surface area contributed by atoms with Crippen molar-refractivity contribution in [2.24, 2.45) is 0 Å². The van der Waals surface area contributed by atoms with Crippen LogP contribution in [-0.4, -0.2) is 21.0 Å². The molecule has 1 aliphatic heterocycles. The lowest BCUT2D eigenvalue weighted by molar-refractivity contribution is -0.384. The number of carbonyl (C=O) groups is 2. The summed E-state index contributed by atoms with van der Waals surface area (Å²) in [7, 11) is 0. The highest BCUT2D eigenvalue weighted by atomic mass is 32.2. The zero-order valence-corrected chi connectivity index (χ0v) is 17.0. The van der Waals surface area contributed by atoms with Crippen molar-refractivity contribution < 1.29 is 23.3 Å². The number of rotatable bonds is 5. The molecule has 2 aromatic carbocycles. The molecule has 0 atom stereocenters. The van der Waals surface area contributed by atoms with Gasteiger partial charge >= 0.3 is 0 Å². The minimum absolute atomic E-state index is 0.0916. The van der Waals surface area contributed by atoms with Gasteiger partial charge in [-0.2, -0.15) is 0 Å². The lowest BCUT2D eigenvalue weighted by Gasteiger charge is -2.12. The average molecular weight is 438 g/mol. The molecule has 3 aromatic rings. The molecular formula is C22H15FN2O5S. The Labute approximate surface area is 180 Å². The summed E-state index contributed by atoms with van der Waals surface area (Å²) < 4.78 is 19.6. The van der Waals surface area contributed by atoms with Crippen molar-refractivity contribution in [2.75, 3.05) is 0 Å². The third-order valence-electron chi connectivity index (χ3n) is 4.68. The van der Waals surface area contributed by atoms with E-state index in [0.29, 0.717) is 5.56 Å². The van der Waals surface area contributed by atoms with Gasteiger partial charge in [-0.3, -0.25) is 24.6 Å². The number of imide groups is 1. The molecule has 0 spiro atoms. The van der Waals surface area contributed by atoms with Crippen LogP contribution in [0.1, 0.15) is 16.9 Å². The molecule has 1 fully saturated rings. The molecule has 1 aromatic heterocycles. The number of carbonyl (C=O) groups excluding carboxylic acids is 2. The van der Waals surface area contributed by atoms with E-state index in [-0.39, 0.29) is 34.2 Å². The number of hydrogen-bond acceptors (Lipinski definition) is 6. The van der Waals surface area contributed by atoms with Gasteiger partial charge in [-0.15, -0.1) is 0 Å². The molecule has 0 N–H and O–H groups in total. The second-order valence-corrected chi connectivity index (χ2v) is 7.83. The Balaban J connectivity index is 1.59. The number of nitrogens with zero attached hydrogens (tertiary/aromatic N) is 2. The van der Waals surface area contributed by atoms with Gasteiger partial charge < -0.3 is 4.42 Å². The molecule has 156 valence electrons. The Morgan fingerprint density at radius 3 is 2.68 bits per heavy atom. The minimum atomic E-state index is -0.558. The van der Waals surface area contributed by atoms with Crippen LogP contribution in [-0.2, 0) is 11.3 Å². The fourth-order valence-electron chi connectivity index (χ4n) is 3.14. The maximum atomic E-state index is 13.9. The van der Waals surface area contributed by atoms with Crippen molar-refractivity contribution in [1.29, 1.82) is 0 Å². The second-order valence-electron chi connectivity index (χ2n) is 6.84. The molecule has 0 unspecified atom stereocenters.